The van der Waals surface area contributed by atoms with Crippen LogP contribution in [0.1, 0.15) is 52.4 Å². The molecule has 1 aliphatic rings. The van der Waals surface area contributed by atoms with Gasteiger partial charge in [0.1, 0.15) is 0 Å². The first-order valence-electron chi connectivity index (χ1n) is 6.88. The summed E-state index contributed by atoms with van der Waals surface area (Å²) < 4.78 is 0. The average molecular weight is 241 g/mol. The van der Waals surface area contributed by atoms with Gasteiger partial charge in [-0.2, -0.15) is 0 Å². The number of carbonyl (C=O) groups is 1. The van der Waals surface area contributed by atoms with Gasteiger partial charge >= 0.3 is 6.03 Å². The summed E-state index contributed by atoms with van der Waals surface area (Å²) in [7, 11) is 0. The maximum atomic E-state index is 12.2. The molecule has 2 amide bonds. The minimum Gasteiger partial charge on any atom is -0.333 e. The number of urea groups is 1. The highest BCUT2D eigenvalue weighted by molar-refractivity contribution is 5.75. The van der Waals surface area contributed by atoms with Gasteiger partial charge in [0.2, 0.25) is 0 Å². The Morgan fingerprint density at radius 2 is 1.88 bits per heavy atom. The van der Waals surface area contributed by atoms with Crippen molar-refractivity contribution in [1.29, 1.82) is 0 Å². The van der Waals surface area contributed by atoms with Crippen molar-refractivity contribution in [2.24, 2.45) is 5.73 Å². The molecule has 0 radical (unpaired) electrons. The Morgan fingerprint density at radius 3 is 2.35 bits per heavy atom. The Balaban J connectivity index is 2.50. The second-order valence-corrected chi connectivity index (χ2v) is 5.28. The van der Waals surface area contributed by atoms with E-state index in [2.05, 4.69) is 19.2 Å². The lowest BCUT2D eigenvalue weighted by atomic mass is 9.95. The number of nitrogens with zero attached hydrogens (tertiary/aromatic N) is 1. The molecule has 0 aromatic rings. The van der Waals surface area contributed by atoms with Crippen LogP contribution in [-0.2, 0) is 0 Å². The minimum absolute atomic E-state index is 0.0877. The molecule has 0 spiro atoms. The zero-order valence-electron chi connectivity index (χ0n) is 11.3. The number of carbonyl (C=O) groups excluding carboxylic acids is 1. The highest BCUT2D eigenvalue weighted by Gasteiger charge is 2.26. The molecule has 0 aliphatic carbocycles. The maximum Gasteiger partial charge on any atom is 0.317 e. The van der Waals surface area contributed by atoms with Gasteiger partial charge in [-0.1, -0.05) is 19.8 Å². The average Bonchev–Trinajstić information content (AvgIpc) is 2.57. The summed E-state index contributed by atoms with van der Waals surface area (Å²) in [6, 6.07) is 0.0877. The molecule has 4 heteroatoms. The predicted molar refractivity (Wildman–Crippen MR) is 70.9 cm³/mol. The topological polar surface area (TPSA) is 58.4 Å². The van der Waals surface area contributed by atoms with Gasteiger partial charge in [-0.05, 0) is 39.2 Å². The van der Waals surface area contributed by atoms with Crippen molar-refractivity contribution in [1.82, 2.24) is 10.2 Å². The third-order valence-corrected chi connectivity index (χ3v) is 3.78. The van der Waals surface area contributed by atoms with E-state index in [0.717, 1.165) is 38.8 Å². The summed E-state index contributed by atoms with van der Waals surface area (Å²) in [5.41, 5.74) is 5.45. The molecular weight excluding hydrogens is 214 g/mol. The van der Waals surface area contributed by atoms with Crippen LogP contribution < -0.4 is 11.1 Å². The third kappa shape index (κ3) is 4.54. The summed E-state index contributed by atoms with van der Waals surface area (Å²) in [6.45, 7) is 6.58. The first-order valence-corrected chi connectivity index (χ1v) is 6.88. The summed E-state index contributed by atoms with van der Waals surface area (Å²) in [5, 5.41) is 3.15. The lowest BCUT2D eigenvalue weighted by molar-refractivity contribution is 0.183. The van der Waals surface area contributed by atoms with Gasteiger partial charge in [-0.15, -0.1) is 0 Å². The fourth-order valence-corrected chi connectivity index (χ4v) is 2.26. The van der Waals surface area contributed by atoms with Crippen LogP contribution in [0.2, 0.25) is 0 Å². The van der Waals surface area contributed by atoms with Crippen LogP contribution in [-0.4, -0.2) is 36.1 Å². The molecule has 1 heterocycles. The van der Waals surface area contributed by atoms with E-state index in [1.165, 1.54) is 12.8 Å². The van der Waals surface area contributed by atoms with Gasteiger partial charge in [-0.25, -0.2) is 4.79 Å². The smallest absolute Gasteiger partial charge is 0.317 e. The molecule has 0 bridgehead atoms. The summed E-state index contributed by atoms with van der Waals surface area (Å²) in [6.07, 6.45) is 6.52. The summed E-state index contributed by atoms with van der Waals surface area (Å²) in [4.78, 5) is 14.1. The van der Waals surface area contributed by atoms with Gasteiger partial charge in [0.15, 0.2) is 0 Å². The first-order chi connectivity index (χ1) is 8.11. The van der Waals surface area contributed by atoms with E-state index in [9.17, 15) is 4.79 Å². The molecule has 1 fully saturated rings. The van der Waals surface area contributed by atoms with Crippen molar-refractivity contribution in [3.05, 3.63) is 0 Å². The van der Waals surface area contributed by atoms with Crippen molar-refractivity contribution in [3.8, 4) is 0 Å². The van der Waals surface area contributed by atoms with Gasteiger partial charge in [0, 0.05) is 18.6 Å². The molecule has 4 nitrogen and oxygen atoms in total. The molecule has 0 saturated carbocycles. The van der Waals surface area contributed by atoms with Crippen LogP contribution >= 0.6 is 0 Å². The Morgan fingerprint density at radius 1 is 1.29 bits per heavy atom. The van der Waals surface area contributed by atoms with E-state index in [0.29, 0.717) is 6.54 Å². The van der Waals surface area contributed by atoms with Crippen LogP contribution in [0.25, 0.3) is 0 Å². The van der Waals surface area contributed by atoms with Crippen LogP contribution in [0.15, 0.2) is 0 Å². The van der Waals surface area contributed by atoms with Crippen LogP contribution in [0.4, 0.5) is 4.79 Å². The Kier molecular flexibility index (Phi) is 5.75. The predicted octanol–water partition coefficient (Wildman–Crippen LogP) is 2.09. The molecule has 100 valence electrons. The monoisotopic (exact) mass is 241 g/mol. The number of likely N-dealkylation sites (tertiary alicyclic amines) is 1. The zero-order valence-corrected chi connectivity index (χ0v) is 11.3. The van der Waals surface area contributed by atoms with E-state index in [-0.39, 0.29) is 11.6 Å². The highest BCUT2D eigenvalue weighted by Crippen LogP contribution is 2.15. The fourth-order valence-electron chi connectivity index (χ4n) is 2.26. The first kappa shape index (κ1) is 14.3. The highest BCUT2D eigenvalue weighted by atomic mass is 16.2. The second-order valence-electron chi connectivity index (χ2n) is 5.28. The minimum atomic E-state index is -0.155. The molecule has 1 aliphatic heterocycles. The molecular formula is C13H27N3O. The maximum absolute atomic E-state index is 12.2. The van der Waals surface area contributed by atoms with E-state index >= 15 is 0 Å². The third-order valence-electron chi connectivity index (χ3n) is 3.78. The molecule has 0 aromatic carbocycles. The number of hydrogen-bond donors (Lipinski definition) is 2. The number of nitrogens with two attached hydrogens (primary N) is 1. The summed E-state index contributed by atoms with van der Waals surface area (Å²) >= 11 is 0. The Hall–Kier alpha value is -0.770. The van der Waals surface area contributed by atoms with Crippen molar-refractivity contribution in [2.75, 3.05) is 19.6 Å². The van der Waals surface area contributed by atoms with Gasteiger partial charge < -0.3 is 16.0 Å². The Labute approximate surface area is 105 Å². The SMILES string of the molecule is CCC(C)(CCN)NC(=O)N1CCCCCC1. The van der Waals surface area contributed by atoms with Crippen molar-refractivity contribution in [2.45, 2.75) is 57.9 Å². The fraction of sp³-hybridized carbons (Fsp3) is 0.923. The molecule has 1 saturated heterocycles. The lowest BCUT2D eigenvalue weighted by Gasteiger charge is -2.32. The standard InChI is InChI=1S/C13H27N3O/c1-3-13(2,8-9-14)15-12(17)16-10-6-4-5-7-11-16/h3-11,14H2,1-2H3,(H,15,17). The van der Waals surface area contributed by atoms with E-state index in [4.69, 9.17) is 5.73 Å². The molecule has 0 aromatic heterocycles. The normalized spacial score (nSPS) is 20.5. The Bertz CT molecular complexity index is 237. The quantitative estimate of drug-likeness (QED) is 0.792. The zero-order chi connectivity index (χ0) is 12.7. The van der Waals surface area contributed by atoms with Crippen molar-refractivity contribution >= 4 is 6.03 Å². The summed E-state index contributed by atoms with van der Waals surface area (Å²) in [5.74, 6) is 0. The number of hydrogen-bond acceptors (Lipinski definition) is 2. The van der Waals surface area contributed by atoms with E-state index in [1.54, 1.807) is 0 Å². The van der Waals surface area contributed by atoms with E-state index < -0.39 is 0 Å². The molecule has 1 atom stereocenters. The van der Waals surface area contributed by atoms with Crippen LogP contribution in [0, 0.1) is 0 Å². The number of amides is 2. The van der Waals surface area contributed by atoms with Gasteiger partial charge in [-0.3, -0.25) is 0 Å². The largest absolute Gasteiger partial charge is 0.333 e. The van der Waals surface area contributed by atoms with E-state index in [1.807, 2.05) is 4.90 Å². The molecule has 1 rings (SSSR count). The molecule has 1 unspecified atom stereocenters. The number of rotatable bonds is 4. The molecule has 17 heavy (non-hydrogen) atoms. The van der Waals surface area contributed by atoms with Crippen molar-refractivity contribution < 1.29 is 4.79 Å². The van der Waals surface area contributed by atoms with Crippen LogP contribution in [0.5, 0.6) is 0 Å². The van der Waals surface area contributed by atoms with Crippen molar-refractivity contribution in [3.63, 3.8) is 0 Å². The number of nitrogens with one attached hydrogen (secondary N) is 1. The van der Waals surface area contributed by atoms with Crippen LogP contribution in [0.3, 0.4) is 0 Å². The second kappa shape index (κ2) is 6.84. The van der Waals surface area contributed by atoms with Gasteiger partial charge in [0.05, 0.1) is 0 Å². The van der Waals surface area contributed by atoms with Gasteiger partial charge in [0.25, 0.3) is 0 Å². The molecule has 3 N–H and O–H groups in total. The lowest BCUT2D eigenvalue weighted by Crippen LogP contribution is -2.52.